The Labute approximate surface area is 158 Å². The third-order valence-corrected chi connectivity index (χ3v) is 3.67. The molecule has 0 amide bonds. The van der Waals surface area contributed by atoms with E-state index in [1.165, 1.54) is 35.6 Å². The highest BCUT2D eigenvalue weighted by Gasteiger charge is 2.03. The van der Waals surface area contributed by atoms with Crippen LogP contribution in [0, 0.1) is 0 Å². The number of aromatic nitrogens is 3. The van der Waals surface area contributed by atoms with E-state index < -0.39 is 0 Å². The highest BCUT2D eigenvalue weighted by Crippen LogP contribution is 2.20. The number of hydrazone groups is 1. The summed E-state index contributed by atoms with van der Waals surface area (Å²) in [7, 11) is 0. The fraction of sp³-hybridized carbons (Fsp3) is 0. The average molecular weight is 391 g/mol. The lowest BCUT2D eigenvalue weighted by atomic mass is 10.2. The third kappa shape index (κ3) is 4.29. The van der Waals surface area contributed by atoms with Gasteiger partial charge < -0.3 is 10.2 Å². The second-order valence-corrected chi connectivity index (χ2v) is 5.89. The van der Waals surface area contributed by atoms with E-state index in [1.807, 2.05) is 0 Å². The molecule has 0 bridgehead atoms. The van der Waals surface area contributed by atoms with Crippen LogP contribution in [0.5, 0.6) is 11.5 Å². The Bertz CT molecular complexity index is 987. The summed E-state index contributed by atoms with van der Waals surface area (Å²) in [5.41, 5.74) is 3.52. The molecule has 0 aliphatic heterocycles. The molecular weight excluding hydrogens is 379 g/mol. The molecule has 1 heterocycles. The second kappa shape index (κ2) is 7.85. The van der Waals surface area contributed by atoms with Crippen molar-refractivity contribution in [1.82, 2.24) is 14.9 Å². The molecule has 0 aliphatic carbocycles. The lowest BCUT2D eigenvalue weighted by Gasteiger charge is -2.02. The van der Waals surface area contributed by atoms with E-state index in [-0.39, 0.29) is 17.4 Å². The second-order valence-electron chi connectivity index (χ2n) is 5.02. The van der Waals surface area contributed by atoms with Gasteiger partial charge in [-0.2, -0.15) is 14.9 Å². The summed E-state index contributed by atoms with van der Waals surface area (Å²) < 4.78 is 1.31. The van der Waals surface area contributed by atoms with E-state index in [4.69, 9.17) is 23.2 Å². The van der Waals surface area contributed by atoms with Gasteiger partial charge in [0.1, 0.15) is 17.8 Å². The number of nitrogens with one attached hydrogen (secondary N) is 1. The number of anilines is 1. The van der Waals surface area contributed by atoms with Gasteiger partial charge in [-0.05, 0) is 36.4 Å². The van der Waals surface area contributed by atoms with Gasteiger partial charge >= 0.3 is 0 Å². The van der Waals surface area contributed by atoms with Crippen molar-refractivity contribution in [2.24, 2.45) is 10.2 Å². The zero-order valence-corrected chi connectivity index (χ0v) is 14.6. The van der Waals surface area contributed by atoms with Crippen molar-refractivity contribution in [1.29, 1.82) is 0 Å². The predicted molar refractivity (Wildman–Crippen MR) is 100 cm³/mol. The minimum absolute atomic E-state index is 0.0372. The molecule has 0 radical (unpaired) electrons. The number of nitrogens with zero attached hydrogens (tertiary/aromatic N) is 5. The van der Waals surface area contributed by atoms with Crippen LogP contribution >= 0.6 is 23.2 Å². The van der Waals surface area contributed by atoms with Crippen molar-refractivity contribution in [3.63, 3.8) is 0 Å². The number of halogens is 2. The van der Waals surface area contributed by atoms with Crippen LogP contribution in [0.25, 0.3) is 0 Å². The van der Waals surface area contributed by atoms with Gasteiger partial charge in [0.25, 0.3) is 5.95 Å². The van der Waals surface area contributed by atoms with E-state index >= 15 is 0 Å². The molecule has 3 aromatic rings. The van der Waals surface area contributed by atoms with Crippen LogP contribution in [0.15, 0.2) is 52.9 Å². The Morgan fingerprint density at radius 2 is 1.58 bits per heavy atom. The van der Waals surface area contributed by atoms with Crippen molar-refractivity contribution in [2.75, 3.05) is 5.43 Å². The molecule has 0 saturated carbocycles. The van der Waals surface area contributed by atoms with Gasteiger partial charge in [-0.25, -0.2) is 5.43 Å². The Hall–Kier alpha value is -3.10. The molecule has 0 fully saturated rings. The van der Waals surface area contributed by atoms with Crippen LogP contribution in [-0.2, 0) is 0 Å². The number of phenols is 2. The molecular formula is C16H12Cl2N6O2. The Balaban J connectivity index is 1.74. The largest absolute Gasteiger partial charge is 0.507 e. The van der Waals surface area contributed by atoms with E-state index in [9.17, 15) is 10.2 Å². The van der Waals surface area contributed by atoms with Crippen LogP contribution in [0.1, 0.15) is 11.1 Å². The van der Waals surface area contributed by atoms with Gasteiger partial charge in [-0.3, -0.25) is 0 Å². The van der Waals surface area contributed by atoms with Crippen molar-refractivity contribution in [3.8, 4) is 11.5 Å². The molecule has 0 spiro atoms. The van der Waals surface area contributed by atoms with Crippen LogP contribution < -0.4 is 5.43 Å². The Kier molecular flexibility index (Phi) is 5.35. The van der Waals surface area contributed by atoms with Gasteiger partial charge in [0.15, 0.2) is 0 Å². The Morgan fingerprint density at radius 1 is 0.962 bits per heavy atom. The zero-order chi connectivity index (χ0) is 18.5. The monoisotopic (exact) mass is 390 g/mol. The first-order valence-electron chi connectivity index (χ1n) is 7.23. The Morgan fingerprint density at radius 3 is 2.23 bits per heavy atom. The highest BCUT2D eigenvalue weighted by atomic mass is 35.5. The molecule has 0 aliphatic rings. The van der Waals surface area contributed by atoms with E-state index in [1.54, 1.807) is 24.3 Å². The molecule has 3 N–H and O–H groups in total. The number of benzene rings is 2. The molecule has 8 nitrogen and oxygen atoms in total. The summed E-state index contributed by atoms with van der Waals surface area (Å²) in [4.78, 5) is 0. The molecule has 3 rings (SSSR count). The van der Waals surface area contributed by atoms with Gasteiger partial charge in [-0.1, -0.05) is 23.2 Å². The van der Waals surface area contributed by atoms with Gasteiger partial charge in [0, 0.05) is 21.2 Å². The zero-order valence-electron chi connectivity index (χ0n) is 13.1. The lowest BCUT2D eigenvalue weighted by Crippen LogP contribution is -1.99. The number of phenolic OH excluding ortho intramolecular Hbond substituents is 2. The summed E-state index contributed by atoms with van der Waals surface area (Å²) in [5.74, 6) is 0.298. The fourth-order valence-electron chi connectivity index (χ4n) is 1.93. The first-order valence-corrected chi connectivity index (χ1v) is 7.99. The summed E-state index contributed by atoms with van der Waals surface area (Å²) in [6.07, 6.45) is 4.14. The molecule has 132 valence electrons. The number of hydrogen-bond acceptors (Lipinski definition) is 7. The van der Waals surface area contributed by atoms with Crippen molar-refractivity contribution in [3.05, 3.63) is 63.9 Å². The summed E-state index contributed by atoms with van der Waals surface area (Å²) in [5, 5.41) is 36.1. The highest BCUT2D eigenvalue weighted by molar-refractivity contribution is 6.31. The maximum Gasteiger partial charge on any atom is 0.265 e. The maximum atomic E-state index is 9.78. The van der Waals surface area contributed by atoms with E-state index in [2.05, 4.69) is 25.8 Å². The topological polar surface area (TPSA) is 108 Å². The minimum atomic E-state index is 0.0372. The minimum Gasteiger partial charge on any atom is -0.507 e. The van der Waals surface area contributed by atoms with Gasteiger partial charge in [0.05, 0.1) is 12.4 Å². The first kappa shape index (κ1) is 17.7. The summed E-state index contributed by atoms with van der Waals surface area (Å²) >= 11 is 11.8. The van der Waals surface area contributed by atoms with Crippen molar-refractivity contribution in [2.45, 2.75) is 0 Å². The molecule has 0 unspecified atom stereocenters. The van der Waals surface area contributed by atoms with Crippen LogP contribution in [0.2, 0.25) is 10.0 Å². The fourth-order valence-corrected chi connectivity index (χ4v) is 2.29. The normalized spacial score (nSPS) is 11.5. The van der Waals surface area contributed by atoms with Crippen LogP contribution in [-0.4, -0.2) is 37.5 Å². The predicted octanol–water partition coefficient (Wildman–Crippen LogP) is 3.32. The van der Waals surface area contributed by atoms with Gasteiger partial charge in [0.2, 0.25) is 0 Å². The van der Waals surface area contributed by atoms with Crippen LogP contribution in [0.4, 0.5) is 5.95 Å². The SMILES string of the molecule is Oc1ccc(Cl)cc1/C=N/Nc1nncn1/N=C/c1cc(Cl)ccc1O. The lowest BCUT2D eigenvalue weighted by molar-refractivity contribution is 0.474. The average Bonchev–Trinajstić information content (AvgIpc) is 3.06. The standard InChI is InChI=1S/C16H12Cl2N6O2/c17-12-1-3-14(25)10(5-12)7-19-22-16-23-20-9-24(16)21-8-11-6-13(18)2-4-15(11)26/h1-9,25-26H,(H,22,23)/b19-7+,21-8+. The smallest absolute Gasteiger partial charge is 0.265 e. The van der Waals surface area contributed by atoms with Gasteiger partial charge in [-0.15, -0.1) is 10.2 Å². The number of hydrogen-bond donors (Lipinski definition) is 3. The molecule has 10 heteroatoms. The number of rotatable bonds is 5. The summed E-state index contributed by atoms with van der Waals surface area (Å²) in [6, 6.07) is 9.20. The molecule has 26 heavy (non-hydrogen) atoms. The number of aromatic hydroxyl groups is 2. The maximum absolute atomic E-state index is 9.78. The molecule has 1 aromatic heterocycles. The molecule has 2 aromatic carbocycles. The molecule has 0 saturated heterocycles. The van der Waals surface area contributed by atoms with E-state index in [0.29, 0.717) is 21.2 Å². The molecule has 0 atom stereocenters. The first-order chi connectivity index (χ1) is 12.5. The summed E-state index contributed by atoms with van der Waals surface area (Å²) in [6.45, 7) is 0. The van der Waals surface area contributed by atoms with E-state index in [0.717, 1.165) is 0 Å². The van der Waals surface area contributed by atoms with Crippen molar-refractivity contribution >= 4 is 41.6 Å². The quantitative estimate of drug-likeness (QED) is 0.457. The van der Waals surface area contributed by atoms with Crippen LogP contribution in [0.3, 0.4) is 0 Å². The third-order valence-electron chi connectivity index (χ3n) is 3.20. The van der Waals surface area contributed by atoms with Crippen molar-refractivity contribution < 1.29 is 10.2 Å².